The first-order chi connectivity index (χ1) is 7.93. The smallest absolute Gasteiger partial charge is 0.255 e. The Morgan fingerprint density at radius 2 is 2.24 bits per heavy atom. The standard InChI is InChI=1S/C12H15BrClNO2/c1-8(16)6-7-15(2)12(17)9-4-3-5-10(13)11(9)14/h3-5,8,16H,6-7H2,1-2H3. The first-order valence-corrected chi connectivity index (χ1v) is 6.48. The van der Waals surface area contributed by atoms with Gasteiger partial charge in [0.25, 0.3) is 5.91 Å². The number of carbonyl (C=O) groups is 1. The number of nitrogens with zero attached hydrogens (tertiary/aromatic N) is 1. The van der Waals surface area contributed by atoms with Crippen LogP contribution in [0.1, 0.15) is 23.7 Å². The largest absolute Gasteiger partial charge is 0.393 e. The molecule has 1 aromatic carbocycles. The van der Waals surface area contributed by atoms with E-state index in [4.69, 9.17) is 11.6 Å². The van der Waals surface area contributed by atoms with Gasteiger partial charge in [-0.2, -0.15) is 0 Å². The molecule has 5 heteroatoms. The molecule has 0 saturated carbocycles. The van der Waals surface area contributed by atoms with Crippen molar-refractivity contribution >= 4 is 33.4 Å². The van der Waals surface area contributed by atoms with Gasteiger partial charge in [0, 0.05) is 18.1 Å². The molecule has 1 N–H and O–H groups in total. The predicted octanol–water partition coefficient (Wildman–Crippen LogP) is 2.95. The van der Waals surface area contributed by atoms with Crippen molar-refractivity contribution in [3.8, 4) is 0 Å². The van der Waals surface area contributed by atoms with Gasteiger partial charge in [-0.1, -0.05) is 17.7 Å². The van der Waals surface area contributed by atoms with Crippen LogP contribution < -0.4 is 0 Å². The summed E-state index contributed by atoms with van der Waals surface area (Å²) in [6, 6.07) is 5.24. The van der Waals surface area contributed by atoms with Crippen molar-refractivity contribution in [1.29, 1.82) is 0 Å². The third-order valence-electron chi connectivity index (χ3n) is 2.41. The van der Waals surface area contributed by atoms with E-state index in [0.29, 0.717) is 28.0 Å². The molecule has 0 heterocycles. The van der Waals surface area contributed by atoms with Crippen molar-refractivity contribution < 1.29 is 9.90 Å². The van der Waals surface area contributed by atoms with Gasteiger partial charge < -0.3 is 10.0 Å². The molecule has 1 rings (SSSR count). The molecule has 0 saturated heterocycles. The summed E-state index contributed by atoms with van der Waals surface area (Å²) in [6.07, 6.45) is 0.136. The molecule has 1 amide bonds. The SMILES string of the molecule is CC(O)CCN(C)C(=O)c1cccc(Br)c1Cl. The number of aliphatic hydroxyl groups excluding tert-OH is 1. The van der Waals surface area contributed by atoms with Crippen molar-refractivity contribution in [2.45, 2.75) is 19.4 Å². The molecule has 1 aromatic rings. The van der Waals surface area contributed by atoms with Gasteiger partial charge in [0.2, 0.25) is 0 Å². The lowest BCUT2D eigenvalue weighted by atomic mass is 10.2. The fraction of sp³-hybridized carbons (Fsp3) is 0.417. The molecule has 0 radical (unpaired) electrons. The van der Waals surface area contributed by atoms with Crippen molar-refractivity contribution in [3.63, 3.8) is 0 Å². The average molecular weight is 321 g/mol. The van der Waals surface area contributed by atoms with E-state index in [2.05, 4.69) is 15.9 Å². The van der Waals surface area contributed by atoms with Crippen LogP contribution in [0, 0.1) is 0 Å². The Bertz CT molecular complexity index is 409. The van der Waals surface area contributed by atoms with Gasteiger partial charge in [-0.3, -0.25) is 4.79 Å². The van der Waals surface area contributed by atoms with E-state index in [1.54, 1.807) is 37.1 Å². The molecular weight excluding hydrogens is 305 g/mol. The molecule has 0 bridgehead atoms. The van der Waals surface area contributed by atoms with E-state index in [9.17, 15) is 9.90 Å². The number of hydrogen-bond donors (Lipinski definition) is 1. The summed E-state index contributed by atoms with van der Waals surface area (Å²) in [5.74, 6) is -0.142. The molecule has 1 unspecified atom stereocenters. The predicted molar refractivity (Wildman–Crippen MR) is 72.4 cm³/mol. The molecule has 0 spiro atoms. The van der Waals surface area contributed by atoms with Crippen LogP contribution in [0.25, 0.3) is 0 Å². The van der Waals surface area contributed by atoms with Gasteiger partial charge in [0.15, 0.2) is 0 Å². The maximum absolute atomic E-state index is 12.1. The van der Waals surface area contributed by atoms with Crippen molar-refractivity contribution in [1.82, 2.24) is 4.90 Å². The maximum atomic E-state index is 12.1. The highest BCUT2D eigenvalue weighted by Gasteiger charge is 2.16. The van der Waals surface area contributed by atoms with E-state index < -0.39 is 6.10 Å². The van der Waals surface area contributed by atoms with E-state index in [0.717, 1.165) is 0 Å². The number of amides is 1. The average Bonchev–Trinajstić information content (AvgIpc) is 2.28. The summed E-state index contributed by atoms with van der Waals surface area (Å²) in [5, 5.41) is 9.60. The van der Waals surface area contributed by atoms with Crippen LogP contribution in [0.2, 0.25) is 5.02 Å². The summed E-state index contributed by atoms with van der Waals surface area (Å²) < 4.78 is 0.703. The van der Waals surface area contributed by atoms with Gasteiger partial charge in [-0.25, -0.2) is 0 Å². The van der Waals surface area contributed by atoms with E-state index in [-0.39, 0.29) is 5.91 Å². The normalized spacial score (nSPS) is 12.3. The molecule has 1 atom stereocenters. The van der Waals surface area contributed by atoms with Gasteiger partial charge in [0.05, 0.1) is 16.7 Å². The minimum atomic E-state index is -0.414. The lowest BCUT2D eigenvalue weighted by Crippen LogP contribution is -2.29. The first-order valence-electron chi connectivity index (χ1n) is 5.31. The maximum Gasteiger partial charge on any atom is 0.255 e. The summed E-state index contributed by atoms with van der Waals surface area (Å²) >= 11 is 9.33. The summed E-state index contributed by atoms with van der Waals surface area (Å²) in [4.78, 5) is 13.6. The molecule has 0 aliphatic carbocycles. The Labute approximate surface area is 115 Å². The number of carbonyl (C=O) groups excluding carboxylic acids is 1. The Hall–Kier alpha value is -0.580. The molecular formula is C12H15BrClNO2. The van der Waals surface area contributed by atoms with Crippen LogP contribution in [0.4, 0.5) is 0 Å². The number of aliphatic hydroxyl groups is 1. The second-order valence-electron chi connectivity index (χ2n) is 3.97. The molecule has 94 valence electrons. The van der Waals surface area contributed by atoms with E-state index in [1.165, 1.54) is 0 Å². The molecule has 0 aliphatic heterocycles. The van der Waals surface area contributed by atoms with Crippen LogP contribution in [0.15, 0.2) is 22.7 Å². The fourth-order valence-electron chi connectivity index (χ4n) is 1.36. The van der Waals surface area contributed by atoms with Crippen LogP contribution in [-0.2, 0) is 0 Å². The number of rotatable bonds is 4. The lowest BCUT2D eigenvalue weighted by molar-refractivity contribution is 0.0769. The molecule has 17 heavy (non-hydrogen) atoms. The van der Waals surface area contributed by atoms with Crippen molar-refractivity contribution in [2.75, 3.05) is 13.6 Å². The highest BCUT2D eigenvalue weighted by molar-refractivity contribution is 9.10. The van der Waals surface area contributed by atoms with E-state index in [1.807, 2.05) is 0 Å². The minimum Gasteiger partial charge on any atom is -0.393 e. The van der Waals surface area contributed by atoms with Crippen LogP contribution >= 0.6 is 27.5 Å². The Morgan fingerprint density at radius 1 is 1.59 bits per heavy atom. The number of benzene rings is 1. The third-order valence-corrected chi connectivity index (χ3v) is 3.71. The second kappa shape index (κ2) is 6.38. The van der Waals surface area contributed by atoms with Gasteiger partial charge in [0.1, 0.15) is 0 Å². The Balaban J connectivity index is 2.78. The highest BCUT2D eigenvalue weighted by Crippen LogP contribution is 2.26. The lowest BCUT2D eigenvalue weighted by Gasteiger charge is -2.18. The topological polar surface area (TPSA) is 40.5 Å². The second-order valence-corrected chi connectivity index (χ2v) is 5.20. The van der Waals surface area contributed by atoms with Crippen molar-refractivity contribution in [3.05, 3.63) is 33.3 Å². The molecule has 3 nitrogen and oxygen atoms in total. The minimum absolute atomic E-state index is 0.142. The Morgan fingerprint density at radius 3 is 2.82 bits per heavy atom. The monoisotopic (exact) mass is 319 g/mol. The Kier molecular flexibility index (Phi) is 5.43. The molecule has 0 aliphatic rings. The van der Waals surface area contributed by atoms with Crippen molar-refractivity contribution in [2.24, 2.45) is 0 Å². The fourth-order valence-corrected chi connectivity index (χ4v) is 1.93. The van der Waals surface area contributed by atoms with Crippen LogP contribution in [0.5, 0.6) is 0 Å². The number of hydrogen-bond acceptors (Lipinski definition) is 2. The van der Waals surface area contributed by atoms with Crippen LogP contribution in [0.3, 0.4) is 0 Å². The zero-order valence-electron chi connectivity index (χ0n) is 9.78. The molecule has 0 fully saturated rings. The van der Waals surface area contributed by atoms with Gasteiger partial charge >= 0.3 is 0 Å². The first kappa shape index (κ1) is 14.5. The quantitative estimate of drug-likeness (QED) is 0.926. The zero-order chi connectivity index (χ0) is 13.0. The van der Waals surface area contributed by atoms with Gasteiger partial charge in [-0.05, 0) is 41.4 Å². The summed E-state index contributed by atoms with van der Waals surface area (Å²) in [7, 11) is 1.70. The van der Waals surface area contributed by atoms with Crippen LogP contribution in [-0.4, -0.2) is 35.6 Å². The highest BCUT2D eigenvalue weighted by atomic mass is 79.9. The van der Waals surface area contributed by atoms with Gasteiger partial charge in [-0.15, -0.1) is 0 Å². The zero-order valence-corrected chi connectivity index (χ0v) is 12.1. The molecule has 0 aromatic heterocycles. The summed E-state index contributed by atoms with van der Waals surface area (Å²) in [6.45, 7) is 2.20. The third kappa shape index (κ3) is 3.98. The number of halogens is 2. The summed E-state index contributed by atoms with van der Waals surface area (Å²) in [5.41, 5.74) is 0.467. The van der Waals surface area contributed by atoms with E-state index >= 15 is 0 Å².